The summed E-state index contributed by atoms with van der Waals surface area (Å²) in [6.45, 7) is 8.92. The van der Waals surface area contributed by atoms with Crippen molar-refractivity contribution in [3.05, 3.63) is 84.2 Å². The Kier molecular flexibility index (Phi) is 8.28. The van der Waals surface area contributed by atoms with E-state index in [9.17, 15) is 9.59 Å². The van der Waals surface area contributed by atoms with Gasteiger partial charge in [-0.25, -0.2) is 4.68 Å². The Morgan fingerprint density at radius 3 is 2.38 bits per heavy atom. The van der Waals surface area contributed by atoms with Crippen molar-refractivity contribution in [2.75, 3.05) is 11.4 Å². The van der Waals surface area contributed by atoms with Crippen LogP contribution >= 0.6 is 0 Å². The van der Waals surface area contributed by atoms with Gasteiger partial charge in [-0.15, -0.1) is 5.10 Å². The van der Waals surface area contributed by atoms with Crippen molar-refractivity contribution < 1.29 is 9.59 Å². The largest absolute Gasteiger partial charge is 0.354 e. The molecule has 8 heteroatoms. The predicted molar refractivity (Wildman–Crippen MR) is 145 cm³/mol. The number of aromatic nitrogens is 4. The number of benzene rings is 2. The van der Waals surface area contributed by atoms with Gasteiger partial charge in [0.15, 0.2) is 0 Å². The minimum atomic E-state index is -0.895. The van der Waals surface area contributed by atoms with Crippen molar-refractivity contribution >= 4 is 28.5 Å². The molecule has 2 aromatic carbocycles. The molecule has 8 nitrogen and oxygen atoms in total. The van der Waals surface area contributed by atoms with E-state index < -0.39 is 6.04 Å². The monoisotopic (exact) mass is 498 g/mol. The van der Waals surface area contributed by atoms with Gasteiger partial charge >= 0.3 is 0 Å². The highest BCUT2D eigenvalue weighted by atomic mass is 16.2. The minimum Gasteiger partial charge on any atom is -0.354 e. The molecule has 0 aliphatic rings. The summed E-state index contributed by atoms with van der Waals surface area (Å²) in [5.74, 6) is 0.256. The van der Waals surface area contributed by atoms with E-state index in [4.69, 9.17) is 0 Å². The second kappa shape index (κ2) is 11.8. The Balaban J connectivity index is 1.75. The van der Waals surface area contributed by atoms with Gasteiger partial charge in [-0.2, -0.15) is 0 Å². The number of carbonyl (C=O) groups is 2. The molecule has 2 heterocycles. The first-order valence-corrected chi connectivity index (χ1v) is 12.7. The first-order chi connectivity index (χ1) is 17.8. The molecule has 1 atom stereocenters. The van der Waals surface area contributed by atoms with Crippen LogP contribution in [-0.2, 0) is 16.1 Å². The molecular formula is C29H34N6O2. The molecule has 2 aromatic heterocycles. The van der Waals surface area contributed by atoms with Crippen LogP contribution in [0.15, 0.2) is 73.1 Å². The number of hydrogen-bond acceptors (Lipinski definition) is 5. The van der Waals surface area contributed by atoms with E-state index in [1.54, 1.807) is 28.0 Å². The number of anilines is 1. The van der Waals surface area contributed by atoms with Gasteiger partial charge in [-0.3, -0.25) is 19.5 Å². The molecule has 0 unspecified atom stereocenters. The average Bonchev–Trinajstić information content (AvgIpc) is 3.30. The van der Waals surface area contributed by atoms with Gasteiger partial charge < -0.3 is 5.32 Å². The predicted octanol–water partition coefficient (Wildman–Crippen LogP) is 4.89. The number of amides is 2. The number of nitrogens with zero attached hydrogens (tertiary/aromatic N) is 5. The Bertz CT molecular complexity index is 1330. The van der Waals surface area contributed by atoms with Crippen LogP contribution in [0, 0.1) is 5.92 Å². The SMILES string of the molecule is CC(C)CCNC(=O)[C@@H](c1cccnc1)N(C(=O)Cn1nnc2ccccc21)c1ccc(C(C)C)cc1. The second-order valence-corrected chi connectivity index (χ2v) is 9.91. The molecule has 0 spiro atoms. The first kappa shape index (κ1) is 26.0. The second-order valence-electron chi connectivity index (χ2n) is 9.91. The molecule has 0 radical (unpaired) electrons. The van der Waals surface area contributed by atoms with Crippen LogP contribution in [0.4, 0.5) is 5.69 Å². The fourth-order valence-corrected chi connectivity index (χ4v) is 4.23. The highest BCUT2D eigenvalue weighted by Crippen LogP contribution is 2.30. The third-order valence-corrected chi connectivity index (χ3v) is 6.34. The number of fused-ring (bicyclic) bond motifs is 1. The molecule has 192 valence electrons. The van der Waals surface area contributed by atoms with Crippen LogP contribution in [-0.4, -0.2) is 38.3 Å². The molecule has 4 rings (SSSR count). The molecule has 0 fully saturated rings. The van der Waals surface area contributed by atoms with E-state index in [1.807, 2.05) is 54.6 Å². The number of nitrogens with one attached hydrogen (secondary N) is 1. The lowest BCUT2D eigenvalue weighted by atomic mass is 10.0. The van der Waals surface area contributed by atoms with Crippen LogP contribution in [0.1, 0.15) is 57.2 Å². The van der Waals surface area contributed by atoms with Gasteiger partial charge in [0.05, 0.1) is 5.52 Å². The lowest BCUT2D eigenvalue weighted by Crippen LogP contribution is -2.45. The number of carbonyl (C=O) groups excluding carboxylic acids is 2. The van der Waals surface area contributed by atoms with Gasteiger partial charge in [-0.1, -0.05) is 63.2 Å². The zero-order valence-corrected chi connectivity index (χ0v) is 21.8. The molecule has 0 bridgehead atoms. The fourth-order valence-electron chi connectivity index (χ4n) is 4.23. The molecule has 37 heavy (non-hydrogen) atoms. The quantitative estimate of drug-likeness (QED) is 0.336. The molecule has 0 saturated heterocycles. The Morgan fingerprint density at radius 1 is 0.946 bits per heavy atom. The van der Waals surface area contributed by atoms with E-state index in [0.29, 0.717) is 35.1 Å². The topological polar surface area (TPSA) is 93.0 Å². The van der Waals surface area contributed by atoms with Crippen molar-refractivity contribution in [1.29, 1.82) is 0 Å². The van der Waals surface area contributed by atoms with Gasteiger partial charge in [0.2, 0.25) is 11.8 Å². The van der Waals surface area contributed by atoms with Crippen molar-refractivity contribution in [1.82, 2.24) is 25.3 Å². The normalized spacial score (nSPS) is 12.2. The van der Waals surface area contributed by atoms with Crippen LogP contribution in [0.5, 0.6) is 0 Å². The average molecular weight is 499 g/mol. The standard InChI is InChI=1S/C29H34N6O2/c1-20(2)15-17-31-29(37)28(23-8-7-16-30-18-23)35(24-13-11-22(12-14-24)21(3)4)27(36)19-34-26-10-6-5-9-25(26)32-33-34/h5-14,16,18,20-21,28H,15,17,19H2,1-4H3,(H,31,37)/t28-/m1/s1. The van der Waals surface area contributed by atoms with E-state index in [2.05, 4.69) is 48.3 Å². The maximum Gasteiger partial charge on any atom is 0.249 e. The van der Waals surface area contributed by atoms with Gasteiger partial charge in [-0.05, 0) is 54.2 Å². The van der Waals surface area contributed by atoms with Gasteiger partial charge in [0.1, 0.15) is 18.1 Å². The number of rotatable bonds is 10. The lowest BCUT2D eigenvalue weighted by Gasteiger charge is -2.31. The maximum atomic E-state index is 14.0. The number of hydrogen-bond donors (Lipinski definition) is 1. The maximum absolute atomic E-state index is 14.0. The van der Waals surface area contributed by atoms with Crippen molar-refractivity contribution in [3.8, 4) is 0 Å². The van der Waals surface area contributed by atoms with Crippen molar-refractivity contribution in [2.24, 2.45) is 5.92 Å². The Labute approximate surface area is 217 Å². The smallest absolute Gasteiger partial charge is 0.249 e. The first-order valence-electron chi connectivity index (χ1n) is 12.7. The molecular weight excluding hydrogens is 464 g/mol. The zero-order valence-electron chi connectivity index (χ0n) is 21.8. The molecule has 0 aliphatic heterocycles. The van der Waals surface area contributed by atoms with Crippen molar-refractivity contribution in [2.45, 2.75) is 52.6 Å². The Morgan fingerprint density at radius 2 is 1.70 bits per heavy atom. The van der Waals surface area contributed by atoms with Gasteiger partial charge in [0, 0.05) is 30.2 Å². The number of pyridine rings is 1. The summed E-state index contributed by atoms with van der Waals surface area (Å²) < 4.78 is 1.57. The highest BCUT2D eigenvalue weighted by molar-refractivity contribution is 6.01. The summed E-state index contributed by atoms with van der Waals surface area (Å²) in [5, 5.41) is 11.4. The highest BCUT2D eigenvalue weighted by Gasteiger charge is 2.33. The molecule has 0 saturated carbocycles. The molecule has 2 amide bonds. The summed E-state index contributed by atoms with van der Waals surface area (Å²) in [6, 6.07) is 18.0. The molecule has 1 N–H and O–H groups in total. The van der Waals surface area contributed by atoms with E-state index >= 15 is 0 Å². The van der Waals surface area contributed by atoms with Crippen molar-refractivity contribution in [3.63, 3.8) is 0 Å². The van der Waals surface area contributed by atoms with Crippen LogP contribution in [0.2, 0.25) is 0 Å². The van der Waals surface area contributed by atoms with E-state index in [1.165, 1.54) is 0 Å². The van der Waals surface area contributed by atoms with E-state index in [-0.39, 0.29) is 18.4 Å². The zero-order chi connectivity index (χ0) is 26.4. The summed E-state index contributed by atoms with van der Waals surface area (Å²) in [7, 11) is 0. The summed E-state index contributed by atoms with van der Waals surface area (Å²) >= 11 is 0. The Hall–Kier alpha value is -4.07. The lowest BCUT2D eigenvalue weighted by molar-refractivity contribution is -0.127. The minimum absolute atomic E-state index is 0.0670. The third-order valence-electron chi connectivity index (χ3n) is 6.34. The van der Waals surface area contributed by atoms with Crippen LogP contribution in [0.25, 0.3) is 11.0 Å². The van der Waals surface area contributed by atoms with Crippen LogP contribution in [0.3, 0.4) is 0 Å². The molecule has 4 aromatic rings. The van der Waals surface area contributed by atoms with Gasteiger partial charge in [0.25, 0.3) is 0 Å². The van der Waals surface area contributed by atoms with E-state index in [0.717, 1.165) is 17.5 Å². The summed E-state index contributed by atoms with van der Waals surface area (Å²) in [6.07, 6.45) is 4.14. The number of para-hydroxylation sites is 1. The fraction of sp³-hybridized carbons (Fsp3) is 0.345. The summed E-state index contributed by atoms with van der Waals surface area (Å²) in [5.41, 5.74) is 3.88. The third kappa shape index (κ3) is 6.20. The molecule has 0 aliphatic carbocycles. The summed E-state index contributed by atoms with van der Waals surface area (Å²) in [4.78, 5) is 33.5. The van der Waals surface area contributed by atoms with Crippen LogP contribution < -0.4 is 10.2 Å².